The van der Waals surface area contributed by atoms with E-state index in [1.165, 1.54) is 12.1 Å². The first-order valence-electron chi connectivity index (χ1n) is 9.99. The van der Waals surface area contributed by atoms with Crippen molar-refractivity contribution in [2.45, 2.75) is 31.7 Å². The molecule has 3 rings (SSSR count). The number of benzene rings is 2. The summed E-state index contributed by atoms with van der Waals surface area (Å²) < 4.78 is 38.2. The van der Waals surface area contributed by atoms with Gasteiger partial charge in [0.1, 0.15) is 17.1 Å². The van der Waals surface area contributed by atoms with Crippen molar-refractivity contribution >= 4 is 33.8 Å². The number of nitrogens with zero attached hydrogens (tertiary/aromatic N) is 1. The average molecular weight is 456 g/mol. The zero-order valence-electron chi connectivity index (χ0n) is 18.1. The molecule has 0 bridgehead atoms. The number of aromatic nitrogens is 1. The number of anilines is 1. The first kappa shape index (κ1) is 23.2. The van der Waals surface area contributed by atoms with Crippen molar-refractivity contribution in [3.63, 3.8) is 0 Å². The lowest BCUT2D eigenvalue weighted by Gasteiger charge is -2.08. The van der Waals surface area contributed by atoms with Crippen LogP contribution in [0.1, 0.15) is 35.9 Å². The van der Waals surface area contributed by atoms with Gasteiger partial charge < -0.3 is 14.6 Å². The predicted octanol–water partition coefficient (Wildman–Crippen LogP) is 3.99. The second-order valence-electron chi connectivity index (χ2n) is 6.99. The monoisotopic (exact) mass is 455 g/mol. The number of amides is 1. The van der Waals surface area contributed by atoms with Crippen molar-refractivity contribution in [2.75, 3.05) is 12.4 Å². The zero-order chi connectivity index (χ0) is 23.1. The molecule has 1 amide bonds. The van der Waals surface area contributed by atoms with E-state index in [9.17, 15) is 13.2 Å². The molecule has 9 heteroatoms. The summed E-state index contributed by atoms with van der Waals surface area (Å²) in [6.45, 7) is 3.65. The molecule has 8 nitrogen and oxygen atoms in total. The first-order valence-corrected chi connectivity index (χ1v) is 11.5. The number of carbonyl (C=O) groups is 1. The minimum atomic E-state index is -3.67. The van der Waals surface area contributed by atoms with Crippen molar-refractivity contribution in [1.29, 1.82) is 0 Å². The number of methoxy groups -OCH3 is 1. The summed E-state index contributed by atoms with van der Waals surface area (Å²) in [7, 11) is -2.11. The van der Waals surface area contributed by atoms with Crippen LogP contribution in [0.2, 0.25) is 0 Å². The second-order valence-corrected chi connectivity index (χ2v) is 8.75. The molecule has 3 aromatic rings. The van der Waals surface area contributed by atoms with E-state index in [1.54, 1.807) is 63.4 Å². The van der Waals surface area contributed by atoms with Crippen molar-refractivity contribution in [3.8, 4) is 5.75 Å². The smallest absolute Gasteiger partial charge is 0.240 e. The summed E-state index contributed by atoms with van der Waals surface area (Å²) in [5.41, 5.74) is 2.66. The molecule has 1 aromatic heterocycles. The molecule has 0 saturated heterocycles. The van der Waals surface area contributed by atoms with Gasteiger partial charge in [-0.05, 0) is 48.4 Å². The Morgan fingerprint density at radius 3 is 2.59 bits per heavy atom. The van der Waals surface area contributed by atoms with E-state index in [0.29, 0.717) is 29.3 Å². The Hall–Kier alpha value is -3.43. The Morgan fingerprint density at radius 1 is 1.16 bits per heavy atom. The fourth-order valence-corrected chi connectivity index (χ4v) is 3.87. The summed E-state index contributed by atoms with van der Waals surface area (Å²) in [6, 6.07) is 13.6. The van der Waals surface area contributed by atoms with Crippen LogP contribution in [0.4, 0.5) is 5.69 Å². The molecular formula is C23H25N3O5S. The number of hydrogen-bond acceptors (Lipinski definition) is 6. The van der Waals surface area contributed by atoms with Gasteiger partial charge in [0.15, 0.2) is 5.76 Å². The quantitative estimate of drug-likeness (QED) is 0.505. The summed E-state index contributed by atoms with van der Waals surface area (Å²) in [6.07, 6.45) is 3.77. The average Bonchev–Trinajstić information content (AvgIpc) is 3.15. The van der Waals surface area contributed by atoms with Crippen LogP contribution in [0.15, 0.2) is 57.9 Å². The molecule has 0 radical (unpaired) electrons. The van der Waals surface area contributed by atoms with E-state index in [0.717, 1.165) is 11.1 Å². The Kier molecular flexibility index (Phi) is 7.45. The predicted molar refractivity (Wildman–Crippen MR) is 123 cm³/mol. The molecule has 0 fully saturated rings. The molecule has 0 aliphatic rings. The Balaban J connectivity index is 1.68. The molecule has 0 unspecified atom stereocenters. The highest BCUT2D eigenvalue weighted by atomic mass is 32.2. The van der Waals surface area contributed by atoms with Crippen molar-refractivity contribution in [2.24, 2.45) is 0 Å². The van der Waals surface area contributed by atoms with Crippen LogP contribution < -0.4 is 14.8 Å². The third kappa shape index (κ3) is 5.83. The van der Waals surface area contributed by atoms with Gasteiger partial charge in [-0.2, -0.15) is 0 Å². The zero-order valence-corrected chi connectivity index (χ0v) is 18.9. The van der Waals surface area contributed by atoms with Crippen LogP contribution in [0.25, 0.3) is 12.2 Å². The van der Waals surface area contributed by atoms with Gasteiger partial charge in [-0.3, -0.25) is 4.79 Å². The lowest BCUT2D eigenvalue weighted by molar-refractivity contribution is -0.115. The van der Waals surface area contributed by atoms with E-state index in [4.69, 9.17) is 9.26 Å². The largest absolute Gasteiger partial charge is 0.497 e. The number of rotatable bonds is 9. The van der Waals surface area contributed by atoms with Crippen LogP contribution in [0, 0.1) is 6.92 Å². The number of nitrogens with one attached hydrogen (secondary N) is 2. The topological polar surface area (TPSA) is 111 Å². The third-order valence-electron chi connectivity index (χ3n) is 4.69. The van der Waals surface area contributed by atoms with Gasteiger partial charge in [-0.15, -0.1) is 0 Å². The lowest BCUT2D eigenvalue weighted by atomic mass is 10.2. The number of hydrogen-bond donors (Lipinski definition) is 2. The van der Waals surface area contributed by atoms with E-state index >= 15 is 0 Å². The molecular weight excluding hydrogens is 430 g/mol. The Bertz CT molecular complexity index is 1210. The van der Waals surface area contributed by atoms with Crippen molar-refractivity contribution < 1.29 is 22.5 Å². The van der Waals surface area contributed by atoms with Gasteiger partial charge in [0.25, 0.3) is 0 Å². The number of carbonyl (C=O) groups excluding carboxylic acids is 1. The maximum Gasteiger partial charge on any atom is 0.240 e. The Labute approximate surface area is 187 Å². The second kappa shape index (κ2) is 10.3. The van der Waals surface area contributed by atoms with Gasteiger partial charge in [0, 0.05) is 13.0 Å². The lowest BCUT2D eigenvalue weighted by Crippen LogP contribution is -2.23. The van der Waals surface area contributed by atoms with Gasteiger partial charge in [-0.1, -0.05) is 42.4 Å². The number of aryl methyl sites for hydroxylation is 1. The fraction of sp³-hybridized carbons (Fsp3) is 0.217. The normalized spacial score (nSPS) is 11.6. The van der Waals surface area contributed by atoms with Gasteiger partial charge in [0.05, 0.1) is 12.0 Å². The summed E-state index contributed by atoms with van der Waals surface area (Å²) >= 11 is 0. The summed E-state index contributed by atoms with van der Waals surface area (Å²) in [4.78, 5) is 11.8. The maximum atomic E-state index is 12.6. The molecule has 2 aromatic carbocycles. The van der Waals surface area contributed by atoms with Crippen LogP contribution in [-0.4, -0.2) is 26.6 Å². The van der Waals surface area contributed by atoms with E-state index in [-0.39, 0.29) is 17.3 Å². The van der Waals surface area contributed by atoms with Crippen LogP contribution in [0.3, 0.4) is 0 Å². The number of ether oxygens (including phenoxy) is 1. The highest BCUT2D eigenvalue weighted by Crippen LogP contribution is 2.23. The molecule has 168 valence electrons. The molecule has 2 N–H and O–H groups in total. The van der Waals surface area contributed by atoms with E-state index in [2.05, 4.69) is 15.2 Å². The molecule has 0 spiro atoms. The van der Waals surface area contributed by atoms with E-state index in [1.807, 2.05) is 6.07 Å². The van der Waals surface area contributed by atoms with E-state index < -0.39 is 10.0 Å². The third-order valence-corrected chi connectivity index (χ3v) is 6.11. The highest BCUT2D eigenvalue weighted by Gasteiger charge is 2.14. The summed E-state index contributed by atoms with van der Waals surface area (Å²) in [5.74, 6) is 0.945. The molecule has 32 heavy (non-hydrogen) atoms. The molecule has 0 atom stereocenters. The molecule has 0 saturated carbocycles. The van der Waals surface area contributed by atoms with Crippen LogP contribution in [0.5, 0.6) is 5.75 Å². The molecule has 1 heterocycles. The highest BCUT2D eigenvalue weighted by molar-refractivity contribution is 7.89. The van der Waals surface area contributed by atoms with Gasteiger partial charge in [-0.25, -0.2) is 13.1 Å². The summed E-state index contributed by atoms with van der Waals surface area (Å²) in [5, 5.41) is 6.65. The first-order chi connectivity index (χ1) is 15.3. The fourth-order valence-electron chi connectivity index (χ4n) is 2.85. The SMILES string of the molecule is CCC(=O)Nc1c(C)noc1/C=C\c1ccc(S(=O)(=O)NCc2cccc(OC)c2)cc1. The Morgan fingerprint density at radius 2 is 1.91 bits per heavy atom. The minimum absolute atomic E-state index is 0.137. The van der Waals surface area contributed by atoms with Gasteiger partial charge in [0.2, 0.25) is 15.9 Å². The van der Waals surface area contributed by atoms with Crippen LogP contribution in [-0.2, 0) is 21.4 Å². The van der Waals surface area contributed by atoms with Crippen LogP contribution >= 0.6 is 0 Å². The molecule has 0 aliphatic heterocycles. The number of sulfonamides is 1. The maximum absolute atomic E-state index is 12.6. The van der Waals surface area contributed by atoms with Crippen molar-refractivity contribution in [3.05, 3.63) is 71.1 Å². The minimum Gasteiger partial charge on any atom is -0.497 e. The van der Waals surface area contributed by atoms with Crippen molar-refractivity contribution in [1.82, 2.24) is 9.88 Å². The van der Waals surface area contributed by atoms with Gasteiger partial charge >= 0.3 is 0 Å². The molecule has 0 aliphatic carbocycles. The standard InChI is InChI=1S/C23H25N3O5S/c1-4-22(27)25-23-16(2)26-31-21(23)13-10-17-8-11-20(12-9-17)32(28,29)24-15-18-6-5-7-19(14-18)30-3/h5-14,24H,4,15H2,1-3H3,(H,25,27)/b13-10-.